The molecular weight excluding hydrogens is 542 g/mol. The number of nitrogens with zero attached hydrogens (tertiary/aromatic N) is 1. The van der Waals surface area contributed by atoms with Gasteiger partial charge in [-0.05, 0) is 104 Å². The molecule has 0 radical (unpaired) electrons. The Balaban J connectivity index is 1.25. The van der Waals surface area contributed by atoms with Crippen molar-refractivity contribution < 1.29 is 0 Å². The molecule has 3 aliphatic carbocycles. The van der Waals surface area contributed by atoms with Crippen LogP contribution in [0.4, 0.5) is 17.1 Å². The average molecular weight is 576 g/mol. The molecule has 0 aliphatic heterocycles. The van der Waals surface area contributed by atoms with Crippen LogP contribution in [0, 0.1) is 0 Å². The molecule has 45 heavy (non-hydrogen) atoms. The maximum absolute atomic E-state index is 2.51. The summed E-state index contributed by atoms with van der Waals surface area (Å²) in [5, 5.41) is 5.26. The van der Waals surface area contributed by atoms with Crippen molar-refractivity contribution in [2.75, 3.05) is 4.90 Å². The molecule has 1 heteroatoms. The molecule has 0 bridgehead atoms. The van der Waals surface area contributed by atoms with Gasteiger partial charge in [-0.2, -0.15) is 0 Å². The normalized spacial score (nSPS) is 16.0. The molecule has 214 valence electrons. The highest BCUT2D eigenvalue weighted by Crippen LogP contribution is 2.62. The molecule has 0 saturated heterocycles. The van der Waals surface area contributed by atoms with Gasteiger partial charge in [0, 0.05) is 27.6 Å². The van der Waals surface area contributed by atoms with Gasteiger partial charge in [0.1, 0.15) is 0 Å². The van der Waals surface area contributed by atoms with E-state index in [2.05, 4.69) is 158 Å². The van der Waals surface area contributed by atoms with E-state index < -0.39 is 0 Å². The van der Waals surface area contributed by atoms with Crippen LogP contribution in [-0.4, -0.2) is 0 Å². The van der Waals surface area contributed by atoms with Crippen molar-refractivity contribution in [1.29, 1.82) is 0 Å². The van der Waals surface area contributed by atoms with Crippen LogP contribution < -0.4 is 4.90 Å². The predicted octanol–water partition coefficient (Wildman–Crippen LogP) is 11.8. The molecule has 0 heterocycles. The second-order valence-electron chi connectivity index (χ2n) is 13.8. The fraction of sp³-hybridized carbons (Fsp3) is 0.136. The maximum atomic E-state index is 2.51. The second kappa shape index (κ2) is 8.73. The first-order valence-electron chi connectivity index (χ1n) is 16.2. The fourth-order valence-electron chi connectivity index (χ4n) is 8.73. The number of benzene rings is 7. The third kappa shape index (κ3) is 3.33. The molecule has 1 nitrogen and oxygen atoms in total. The van der Waals surface area contributed by atoms with Crippen molar-refractivity contribution in [3.05, 3.63) is 162 Å². The molecule has 10 rings (SSSR count). The predicted molar refractivity (Wildman–Crippen MR) is 189 cm³/mol. The van der Waals surface area contributed by atoms with E-state index in [0.717, 1.165) is 0 Å². The highest BCUT2D eigenvalue weighted by molar-refractivity contribution is 6.11. The van der Waals surface area contributed by atoms with Crippen LogP contribution in [-0.2, 0) is 10.8 Å². The fourth-order valence-corrected chi connectivity index (χ4v) is 8.73. The molecule has 3 aliphatic rings. The van der Waals surface area contributed by atoms with Crippen LogP contribution in [0.15, 0.2) is 140 Å². The van der Waals surface area contributed by atoms with Crippen molar-refractivity contribution in [3.8, 4) is 22.3 Å². The summed E-state index contributed by atoms with van der Waals surface area (Å²) in [6.07, 6.45) is 2.45. The van der Waals surface area contributed by atoms with Crippen molar-refractivity contribution in [2.24, 2.45) is 0 Å². The Morgan fingerprint density at radius 2 is 1.09 bits per heavy atom. The van der Waals surface area contributed by atoms with Gasteiger partial charge in [0.15, 0.2) is 0 Å². The van der Waals surface area contributed by atoms with E-state index in [1.807, 2.05) is 0 Å². The molecule has 7 aromatic carbocycles. The zero-order chi connectivity index (χ0) is 29.9. The molecule has 0 N–H and O–H groups in total. The Kier molecular flexibility index (Phi) is 4.89. The van der Waals surface area contributed by atoms with Crippen LogP contribution >= 0.6 is 0 Å². The van der Waals surface area contributed by atoms with Gasteiger partial charge in [-0.1, -0.05) is 123 Å². The Hall–Kier alpha value is -5.14. The number of rotatable bonds is 3. The molecule has 0 unspecified atom stereocenters. The van der Waals surface area contributed by atoms with Gasteiger partial charge >= 0.3 is 0 Å². The minimum absolute atomic E-state index is 0.0705. The van der Waals surface area contributed by atoms with Gasteiger partial charge in [-0.3, -0.25) is 0 Å². The molecular formula is C44H33N. The highest BCUT2D eigenvalue weighted by atomic mass is 15.1. The maximum Gasteiger partial charge on any atom is 0.0540 e. The minimum atomic E-state index is -0.0705. The highest BCUT2D eigenvalue weighted by Gasteiger charge is 2.50. The van der Waals surface area contributed by atoms with Gasteiger partial charge in [0.25, 0.3) is 0 Å². The van der Waals surface area contributed by atoms with E-state index in [9.17, 15) is 0 Å². The summed E-state index contributed by atoms with van der Waals surface area (Å²) in [5.41, 5.74) is 15.0. The van der Waals surface area contributed by atoms with Gasteiger partial charge in [0.2, 0.25) is 0 Å². The van der Waals surface area contributed by atoms with Crippen LogP contribution in [0.3, 0.4) is 0 Å². The zero-order valence-electron chi connectivity index (χ0n) is 25.6. The summed E-state index contributed by atoms with van der Waals surface area (Å²) in [6.45, 7) is 4.74. The lowest BCUT2D eigenvalue weighted by atomic mass is 9.74. The Morgan fingerprint density at radius 1 is 0.467 bits per heavy atom. The lowest BCUT2D eigenvalue weighted by Gasteiger charge is -2.33. The van der Waals surface area contributed by atoms with E-state index in [0.29, 0.717) is 0 Å². The van der Waals surface area contributed by atoms with Crippen molar-refractivity contribution >= 4 is 38.6 Å². The molecule has 0 atom stereocenters. The SMILES string of the molecule is CC1(C)c2ccccc2-c2ccc(N(c3ccc4ccccc4c3)c3ccc4c5c(cccc35)C3(CC3)c3ccccc3-4)cc21. The first-order valence-corrected chi connectivity index (χ1v) is 16.2. The smallest absolute Gasteiger partial charge is 0.0540 e. The van der Waals surface area contributed by atoms with Crippen molar-refractivity contribution in [2.45, 2.75) is 37.5 Å². The third-order valence-corrected chi connectivity index (χ3v) is 11.1. The quantitative estimate of drug-likeness (QED) is 0.203. The van der Waals surface area contributed by atoms with Gasteiger partial charge in [-0.25, -0.2) is 0 Å². The molecule has 1 spiro atoms. The Bertz CT molecular complexity index is 2370. The van der Waals surface area contributed by atoms with Crippen LogP contribution in [0.5, 0.6) is 0 Å². The van der Waals surface area contributed by atoms with E-state index in [-0.39, 0.29) is 10.8 Å². The first-order chi connectivity index (χ1) is 22.0. The van der Waals surface area contributed by atoms with Gasteiger partial charge in [-0.15, -0.1) is 0 Å². The second-order valence-corrected chi connectivity index (χ2v) is 13.8. The number of hydrogen-bond acceptors (Lipinski definition) is 1. The summed E-state index contributed by atoms with van der Waals surface area (Å²) in [7, 11) is 0. The van der Waals surface area contributed by atoms with Crippen LogP contribution in [0.1, 0.15) is 48.9 Å². The lowest BCUT2D eigenvalue weighted by molar-refractivity contribution is 0.660. The van der Waals surface area contributed by atoms with E-state index in [4.69, 9.17) is 0 Å². The van der Waals surface area contributed by atoms with E-state index >= 15 is 0 Å². The molecule has 0 aromatic heterocycles. The zero-order valence-corrected chi connectivity index (χ0v) is 25.6. The third-order valence-electron chi connectivity index (χ3n) is 11.1. The Labute approximate surface area is 264 Å². The number of anilines is 3. The Morgan fingerprint density at radius 3 is 1.91 bits per heavy atom. The van der Waals surface area contributed by atoms with Crippen molar-refractivity contribution in [3.63, 3.8) is 0 Å². The lowest BCUT2D eigenvalue weighted by Crippen LogP contribution is -2.18. The first kappa shape index (κ1) is 25.2. The monoisotopic (exact) mass is 575 g/mol. The van der Waals surface area contributed by atoms with Crippen molar-refractivity contribution in [1.82, 2.24) is 0 Å². The molecule has 1 fully saturated rings. The average Bonchev–Trinajstić information content (AvgIpc) is 3.85. The summed E-state index contributed by atoms with van der Waals surface area (Å²) in [5.74, 6) is 0. The summed E-state index contributed by atoms with van der Waals surface area (Å²) >= 11 is 0. The topological polar surface area (TPSA) is 3.24 Å². The molecule has 7 aromatic rings. The van der Waals surface area contributed by atoms with Crippen LogP contribution in [0.2, 0.25) is 0 Å². The van der Waals surface area contributed by atoms with E-state index in [1.165, 1.54) is 96.0 Å². The molecule has 1 saturated carbocycles. The van der Waals surface area contributed by atoms with Crippen LogP contribution in [0.25, 0.3) is 43.8 Å². The van der Waals surface area contributed by atoms with E-state index in [1.54, 1.807) is 0 Å². The summed E-state index contributed by atoms with van der Waals surface area (Å²) < 4.78 is 0. The van der Waals surface area contributed by atoms with Gasteiger partial charge < -0.3 is 4.90 Å². The largest absolute Gasteiger partial charge is 0.310 e. The number of hydrogen-bond donors (Lipinski definition) is 0. The van der Waals surface area contributed by atoms with Gasteiger partial charge in [0.05, 0.1) is 5.69 Å². The standard InChI is InChI=1S/C44H33N/c1-43(2)37-15-7-5-12-32(37)34-21-20-31(27-40(34)43)45(30-19-18-28-10-3-4-11-29(28)26-30)41-23-22-35-33-13-6-8-16-38(33)44(24-25-44)39-17-9-14-36(41)42(35)39/h3-23,26-27H,24-25H2,1-2H3. The minimum Gasteiger partial charge on any atom is -0.310 e. The summed E-state index contributed by atoms with van der Waals surface area (Å²) in [6, 6.07) is 52.6. The number of fused-ring (bicyclic) bond motifs is 8. The molecule has 0 amide bonds. The summed E-state index contributed by atoms with van der Waals surface area (Å²) in [4.78, 5) is 2.51.